The van der Waals surface area contributed by atoms with Crippen LogP contribution in [0.5, 0.6) is 0 Å². The Morgan fingerprint density at radius 2 is 1.40 bits per heavy atom. The predicted octanol–water partition coefficient (Wildman–Crippen LogP) is 4.20. The number of nitrogens with one attached hydrogen (secondary N) is 1. The van der Waals surface area contributed by atoms with Gasteiger partial charge in [-0.05, 0) is 41.0 Å². The van der Waals surface area contributed by atoms with Crippen molar-refractivity contribution in [2.45, 2.75) is 18.6 Å². The molecule has 0 aliphatic heterocycles. The second kappa shape index (κ2) is 8.82. The molecule has 0 aromatic heterocycles. The van der Waals surface area contributed by atoms with Crippen LogP contribution >= 0.6 is 0 Å². The topological polar surface area (TPSA) is 72.2 Å². The molecule has 0 spiro atoms. The molecule has 0 saturated heterocycles. The number of amides is 2. The summed E-state index contributed by atoms with van der Waals surface area (Å²) in [6.07, 6.45) is -4.33. The standard InChI is InChI=1S/C23H19F3N2O2/c24-23(25,26)19-12-10-18(11-13-19)22(30)28-20(21(27)29)14-15-6-8-17(9-7-15)16-4-2-1-3-5-16/h1-13,20H,14H2,(H2,27,29)(H,28,30)/t20-/m1/s1. The molecule has 4 nitrogen and oxygen atoms in total. The summed E-state index contributed by atoms with van der Waals surface area (Å²) in [6, 6.07) is 20.0. The third kappa shape index (κ3) is 5.26. The van der Waals surface area contributed by atoms with Gasteiger partial charge in [-0.25, -0.2) is 0 Å². The summed E-state index contributed by atoms with van der Waals surface area (Å²) >= 11 is 0. The molecule has 3 aromatic carbocycles. The van der Waals surface area contributed by atoms with Crippen molar-refractivity contribution in [1.82, 2.24) is 5.32 Å². The Hall–Kier alpha value is -3.61. The third-order valence-electron chi connectivity index (χ3n) is 4.62. The Bertz CT molecular complexity index is 1020. The zero-order chi connectivity index (χ0) is 21.7. The molecule has 3 N–H and O–H groups in total. The summed E-state index contributed by atoms with van der Waals surface area (Å²) in [5, 5.41) is 2.49. The highest BCUT2D eigenvalue weighted by Crippen LogP contribution is 2.29. The fraction of sp³-hybridized carbons (Fsp3) is 0.130. The quantitative estimate of drug-likeness (QED) is 0.637. The number of hydrogen-bond donors (Lipinski definition) is 2. The van der Waals surface area contributed by atoms with E-state index in [4.69, 9.17) is 5.73 Å². The van der Waals surface area contributed by atoms with Gasteiger partial charge in [0, 0.05) is 12.0 Å². The summed E-state index contributed by atoms with van der Waals surface area (Å²) in [6.45, 7) is 0. The second-order valence-corrected chi connectivity index (χ2v) is 6.77. The van der Waals surface area contributed by atoms with E-state index in [-0.39, 0.29) is 12.0 Å². The van der Waals surface area contributed by atoms with Crippen LogP contribution in [0, 0.1) is 0 Å². The Morgan fingerprint density at radius 1 is 0.833 bits per heavy atom. The lowest BCUT2D eigenvalue weighted by Gasteiger charge is -2.16. The van der Waals surface area contributed by atoms with E-state index in [9.17, 15) is 22.8 Å². The average Bonchev–Trinajstić information content (AvgIpc) is 2.74. The van der Waals surface area contributed by atoms with Crippen molar-refractivity contribution in [3.05, 3.63) is 95.6 Å². The molecule has 154 valence electrons. The van der Waals surface area contributed by atoms with Gasteiger partial charge in [-0.15, -0.1) is 0 Å². The molecule has 0 bridgehead atoms. The summed E-state index contributed by atoms with van der Waals surface area (Å²) in [5.41, 5.74) is 7.40. The molecule has 1 atom stereocenters. The van der Waals surface area contributed by atoms with Gasteiger partial charge in [-0.3, -0.25) is 9.59 Å². The number of rotatable bonds is 6. The number of carbonyl (C=O) groups is 2. The van der Waals surface area contributed by atoms with Crippen LogP contribution in [-0.2, 0) is 17.4 Å². The maximum Gasteiger partial charge on any atom is 0.416 e. The molecule has 0 aliphatic rings. The second-order valence-electron chi connectivity index (χ2n) is 6.77. The maximum absolute atomic E-state index is 12.7. The van der Waals surface area contributed by atoms with Gasteiger partial charge in [-0.1, -0.05) is 54.6 Å². The molecule has 30 heavy (non-hydrogen) atoms. The van der Waals surface area contributed by atoms with Gasteiger partial charge in [0.2, 0.25) is 5.91 Å². The number of hydrogen-bond acceptors (Lipinski definition) is 2. The van der Waals surface area contributed by atoms with Crippen LogP contribution in [0.4, 0.5) is 13.2 Å². The van der Waals surface area contributed by atoms with Crippen molar-refractivity contribution in [2.24, 2.45) is 5.73 Å². The Labute approximate surface area is 171 Å². The van der Waals surface area contributed by atoms with Crippen molar-refractivity contribution >= 4 is 11.8 Å². The molecule has 0 heterocycles. The average molecular weight is 412 g/mol. The minimum atomic E-state index is -4.49. The molecule has 3 rings (SSSR count). The maximum atomic E-state index is 12.7. The molecule has 0 unspecified atom stereocenters. The van der Waals surface area contributed by atoms with Crippen LogP contribution in [0.1, 0.15) is 21.5 Å². The molecule has 0 aliphatic carbocycles. The number of carbonyl (C=O) groups excluding carboxylic acids is 2. The van der Waals surface area contributed by atoms with Gasteiger partial charge in [0.05, 0.1) is 5.56 Å². The van der Waals surface area contributed by atoms with E-state index < -0.39 is 29.6 Å². The lowest BCUT2D eigenvalue weighted by molar-refractivity contribution is -0.137. The Morgan fingerprint density at radius 3 is 1.93 bits per heavy atom. The fourth-order valence-corrected chi connectivity index (χ4v) is 2.97. The normalized spacial score (nSPS) is 12.2. The van der Waals surface area contributed by atoms with Crippen LogP contribution in [0.15, 0.2) is 78.9 Å². The lowest BCUT2D eigenvalue weighted by Crippen LogP contribution is -2.45. The molecule has 0 fully saturated rings. The minimum Gasteiger partial charge on any atom is -0.368 e. The van der Waals surface area contributed by atoms with Crippen LogP contribution in [0.25, 0.3) is 11.1 Å². The van der Waals surface area contributed by atoms with E-state index in [1.807, 2.05) is 54.6 Å². The number of primary amides is 1. The van der Waals surface area contributed by atoms with E-state index >= 15 is 0 Å². The van der Waals surface area contributed by atoms with Gasteiger partial charge >= 0.3 is 6.18 Å². The van der Waals surface area contributed by atoms with Crippen molar-refractivity contribution in [3.63, 3.8) is 0 Å². The molecular weight excluding hydrogens is 393 g/mol. The number of halogens is 3. The zero-order valence-electron chi connectivity index (χ0n) is 15.8. The SMILES string of the molecule is NC(=O)[C@@H](Cc1ccc(-c2ccccc2)cc1)NC(=O)c1ccc(C(F)(F)F)cc1. The first-order valence-electron chi connectivity index (χ1n) is 9.16. The Balaban J connectivity index is 1.69. The van der Waals surface area contributed by atoms with E-state index in [0.717, 1.165) is 41.0 Å². The van der Waals surface area contributed by atoms with Crippen LogP contribution < -0.4 is 11.1 Å². The van der Waals surface area contributed by atoms with Crippen LogP contribution in [0.2, 0.25) is 0 Å². The van der Waals surface area contributed by atoms with E-state index in [1.54, 1.807) is 0 Å². The fourth-order valence-electron chi connectivity index (χ4n) is 2.97. The number of benzene rings is 3. The smallest absolute Gasteiger partial charge is 0.368 e. The molecule has 3 aromatic rings. The zero-order valence-corrected chi connectivity index (χ0v) is 15.8. The summed E-state index contributed by atoms with van der Waals surface area (Å²) < 4.78 is 38.0. The third-order valence-corrected chi connectivity index (χ3v) is 4.62. The first kappa shape index (κ1) is 21.1. The first-order chi connectivity index (χ1) is 14.2. The highest BCUT2D eigenvalue weighted by molar-refractivity contribution is 5.97. The van der Waals surface area contributed by atoms with Crippen molar-refractivity contribution in [2.75, 3.05) is 0 Å². The molecule has 2 amide bonds. The molecule has 0 radical (unpaired) electrons. The van der Waals surface area contributed by atoms with Crippen molar-refractivity contribution in [1.29, 1.82) is 0 Å². The number of alkyl halides is 3. The van der Waals surface area contributed by atoms with Crippen LogP contribution in [0.3, 0.4) is 0 Å². The minimum absolute atomic E-state index is 0.00803. The highest BCUT2D eigenvalue weighted by Gasteiger charge is 2.30. The summed E-state index contributed by atoms with van der Waals surface area (Å²) in [4.78, 5) is 24.2. The summed E-state index contributed by atoms with van der Waals surface area (Å²) in [5.74, 6) is -1.41. The van der Waals surface area contributed by atoms with Crippen molar-refractivity contribution < 1.29 is 22.8 Å². The monoisotopic (exact) mass is 412 g/mol. The van der Waals surface area contributed by atoms with Gasteiger partial charge in [0.15, 0.2) is 0 Å². The van der Waals surface area contributed by atoms with Crippen LogP contribution in [-0.4, -0.2) is 17.9 Å². The molecule has 0 saturated carbocycles. The molecular formula is C23H19F3N2O2. The van der Waals surface area contributed by atoms with E-state index in [0.29, 0.717) is 0 Å². The Kier molecular flexibility index (Phi) is 6.20. The highest BCUT2D eigenvalue weighted by atomic mass is 19.4. The number of nitrogens with two attached hydrogens (primary N) is 1. The van der Waals surface area contributed by atoms with Gasteiger partial charge < -0.3 is 11.1 Å². The lowest BCUT2D eigenvalue weighted by atomic mass is 10.00. The van der Waals surface area contributed by atoms with E-state index in [1.165, 1.54) is 0 Å². The van der Waals surface area contributed by atoms with Gasteiger partial charge in [0.25, 0.3) is 5.91 Å². The summed E-state index contributed by atoms with van der Waals surface area (Å²) in [7, 11) is 0. The van der Waals surface area contributed by atoms with Gasteiger partial charge in [-0.2, -0.15) is 13.2 Å². The largest absolute Gasteiger partial charge is 0.416 e. The van der Waals surface area contributed by atoms with E-state index in [2.05, 4.69) is 5.32 Å². The predicted molar refractivity (Wildman–Crippen MR) is 107 cm³/mol. The first-order valence-corrected chi connectivity index (χ1v) is 9.16. The van der Waals surface area contributed by atoms with Crippen molar-refractivity contribution in [3.8, 4) is 11.1 Å². The molecule has 7 heteroatoms. The van der Waals surface area contributed by atoms with Gasteiger partial charge in [0.1, 0.15) is 6.04 Å².